The second kappa shape index (κ2) is 7.65. The van der Waals surface area contributed by atoms with Crippen LogP contribution in [-0.4, -0.2) is 38.4 Å². The number of carbonyl (C=O) groups excluding carboxylic acids is 1. The minimum atomic E-state index is -3.71. The average Bonchev–Trinajstić information content (AvgIpc) is 3.48. The Kier molecular flexibility index (Phi) is 4.94. The summed E-state index contributed by atoms with van der Waals surface area (Å²) >= 11 is 1.22. The second-order valence-corrected chi connectivity index (χ2v) is 10.3. The first-order valence-corrected chi connectivity index (χ1v) is 12.5. The van der Waals surface area contributed by atoms with E-state index in [9.17, 15) is 13.2 Å². The third kappa shape index (κ3) is 3.57. The molecule has 0 unspecified atom stereocenters. The highest BCUT2D eigenvalue weighted by atomic mass is 32.2. The van der Waals surface area contributed by atoms with Crippen LogP contribution < -0.4 is 14.5 Å². The van der Waals surface area contributed by atoms with Gasteiger partial charge in [0.2, 0.25) is 5.91 Å². The molecule has 0 spiro atoms. The number of nitrogens with zero attached hydrogens (tertiary/aromatic N) is 3. The lowest BCUT2D eigenvalue weighted by atomic mass is 10.1. The fourth-order valence-electron chi connectivity index (χ4n) is 4.46. The van der Waals surface area contributed by atoms with Crippen molar-refractivity contribution in [2.45, 2.75) is 30.7 Å². The van der Waals surface area contributed by atoms with E-state index in [-0.39, 0.29) is 16.8 Å². The molecule has 1 amide bonds. The number of aryl methyl sites for hydroxylation is 1. The van der Waals surface area contributed by atoms with Gasteiger partial charge in [0.15, 0.2) is 5.13 Å². The van der Waals surface area contributed by atoms with Crippen LogP contribution in [0.25, 0.3) is 0 Å². The van der Waals surface area contributed by atoms with Crippen molar-refractivity contribution in [1.29, 1.82) is 0 Å². The Balaban J connectivity index is 1.34. The molecule has 2 aromatic carbocycles. The number of amides is 1. The normalized spacial score (nSPS) is 18.5. The van der Waals surface area contributed by atoms with E-state index in [1.807, 2.05) is 0 Å². The van der Waals surface area contributed by atoms with E-state index in [1.54, 1.807) is 28.6 Å². The summed E-state index contributed by atoms with van der Waals surface area (Å²) in [5.74, 6) is 0.0626. The lowest BCUT2D eigenvalue weighted by Gasteiger charge is -2.27. The highest BCUT2D eigenvalue weighted by Gasteiger charge is 2.39. The van der Waals surface area contributed by atoms with Gasteiger partial charge in [-0.25, -0.2) is 13.4 Å². The number of rotatable bonds is 5. The summed E-state index contributed by atoms with van der Waals surface area (Å²) in [7, 11) is -3.71. The van der Waals surface area contributed by atoms with E-state index in [0.717, 1.165) is 19.4 Å². The monoisotopic (exact) mass is 454 g/mol. The van der Waals surface area contributed by atoms with E-state index in [1.165, 1.54) is 40.3 Å². The Labute approximate surface area is 185 Å². The van der Waals surface area contributed by atoms with Gasteiger partial charge in [-0.2, -0.15) is 0 Å². The van der Waals surface area contributed by atoms with Gasteiger partial charge >= 0.3 is 0 Å². The van der Waals surface area contributed by atoms with Crippen LogP contribution >= 0.6 is 11.3 Å². The molecule has 160 valence electrons. The van der Waals surface area contributed by atoms with Gasteiger partial charge in [0.05, 0.1) is 4.90 Å². The van der Waals surface area contributed by atoms with Crippen LogP contribution in [0.3, 0.4) is 0 Å². The Morgan fingerprint density at radius 1 is 1.13 bits per heavy atom. The van der Waals surface area contributed by atoms with E-state index < -0.39 is 10.0 Å². The zero-order valence-electron chi connectivity index (χ0n) is 17.0. The Morgan fingerprint density at radius 2 is 1.94 bits per heavy atom. The van der Waals surface area contributed by atoms with Gasteiger partial charge in [0.1, 0.15) is 6.04 Å². The number of fused-ring (bicyclic) bond motifs is 1. The first-order valence-electron chi connectivity index (χ1n) is 10.1. The van der Waals surface area contributed by atoms with Crippen LogP contribution in [-0.2, 0) is 21.2 Å². The summed E-state index contributed by atoms with van der Waals surface area (Å²) < 4.78 is 27.5. The molecule has 1 aromatic heterocycles. The predicted molar refractivity (Wildman–Crippen MR) is 122 cm³/mol. The SMILES string of the molecule is Cc1cccc2c1N([C@H]1CCN(c3ccc(S(=O)(=O)Nc4nccs4)cc3)C1=O)CC2. The maximum atomic E-state index is 13.3. The van der Waals surface area contributed by atoms with Crippen molar-refractivity contribution < 1.29 is 13.2 Å². The summed E-state index contributed by atoms with van der Waals surface area (Å²) in [4.78, 5) is 21.3. The molecule has 2 aliphatic rings. The van der Waals surface area contributed by atoms with Crippen LogP contribution in [0.1, 0.15) is 17.5 Å². The summed E-state index contributed by atoms with van der Waals surface area (Å²) in [5.41, 5.74) is 4.40. The first kappa shape index (κ1) is 20.0. The van der Waals surface area contributed by atoms with E-state index in [4.69, 9.17) is 0 Å². The molecule has 1 atom stereocenters. The van der Waals surface area contributed by atoms with Gasteiger partial charge in [-0.05, 0) is 55.2 Å². The molecule has 31 heavy (non-hydrogen) atoms. The van der Waals surface area contributed by atoms with Gasteiger partial charge in [0, 0.05) is 36.0 Å². The number of para-hydroxylation sites is 1. The highest BCUT2D eigenvalue weighted by Crippen LogP contribution is 2.36. The molecule has 0 aliphatic carbocycles. The number of hydrogen-bond acceptors (Lipinski definition) is 6. The van der Waals surface area contributed by atoms with E-state index in [2.05, 4.69) is 39.7 Å². The van der Waals surface area contributed by atoms with E-state index in [0.29, 0.717) is 17.4 Å². The zero-order chi connectivity index (χ0) is 21.6. The number of anilines is 3. The number of thiazole rings is 1. The number of benzene rings is 2. The molecule has 0 radical (unpaired) electrons. The molecular weight excluding hydrogens is 432 g/mol. The van der Waals surface area contributed by atoms with Crippen molar-refractivity contribution in [3.8, 4) is 0 Å². The minimum Gasteiger partial charge on any atom is -0.359 e. The standard InChI is InChI=1S/C22H22N4O3S2/c1-15-3-2-4-16-9-12-26(20(15)16)19-10-13-25(21(19)27)17-5-7-18(8-6-17)31(28,29)24-22-23-11-14-30-22/h2-8,11,14,19H,9-10,12-13H2,1H3,(H,23,24)/t19-/m0/s1. The number of aromatic nitrogens is 1. The number of sulfonamides is 1. The number of carbonyl (C=O) groups is 1. The van der Waals surface area contributed by atoms with Crippen LogP contribution in [0.4, 0.5) is 16.5 Å². The smallest absolute Gasteiger partial charge is 0.263 e. The topological polar surface area (TPSA) is 82.6 Å². The van der Waals surface area contributed by atoms with Crippen molar-refractivity contribution in [3.63, 3.8) is 0 Å². The fraction of sp³-hybridized carbons (Fsp3) is 0.273. The van der Waals surface area contributed by atoms with Crippen LogP contribution in [0.5, 0.6) is 0 Å². The summed E-state index contributed by atoms with van der Waals surface area (Å²) in [5, 5.41) is 2.03. The highest BCUT2D eigenvalue weighted by molar-refractivity contribution is 7.93. The average molecular weight is 455 g/mol. The maximum Gasteiger partial charge on any atom is 0.263 e. The lowest BCUT2D eigenvalue weighted by Crippen LogP contribution is -2.41. The minimum absolute atomic E-state index is 0.0626. The number of nitrogens with one attached hydrogen (secondary N) is 1. The third-order valence-corrected chi connectivity index (χ3v) is 8.07. The molecule has 0 saturated carbocycles. The molecule has 1 fully saturated rings. The molecule has 0 bridgehead atoms. The molecule has 2 aliphatic heterocycles. The molecule has 3 aromatic rings. The molecule has 7 nitrogen and oxygen atoms in total. The Hall–Kier alpha value is -2.91. The van der Waals surface area contributed by atoms with Crippen molar-refractivity contribution in [1.82, 2.24) is 4.98 Å². The van der Waals surface area contributed by atoms with Gasteiger partial charge in [0.25, 0.3) is 10.0 Å². The molecule has 1 N–H and O–H groups in total. The van der Waals surface area contributed by atoms with Gasteiger partial charge in [-0.3, -0.25) is 9.52 Å². The van der Waals surface area contributed by atoms with Crippen molar-refractivity contribution >= 4 is 43.8 Å². The predicted octanol–water partition coefficient (Wildman–Crippen LogP) is 3.42. The van der Waals surface area contributed by atoms with Crippen molar-refractivity contribution in [2.75, 3.05) is 27.6 Å². The first-order chi connectivity index (χ1) is 14.9. The van der Waals surface area contributed by atoms with Crippen LogP contribution in [0.15, 0.2) is 58.9 Å². The summed E-state index contributed by atoms with van der Waals surface area (Å²) in [6.07, 6.45) is 3.25. The van der Waals surface area contributed by atoms with Crippen LogP contribution in [0.2, 0.25) is 0 Å². The maximum absolute atomic E-state index is 13.3. The molecular formula is C22H22N4O3S2. The summed E-state index contributed by atoms with van der Waals surface area (Å²) in [6, 6.07) is 12.6. The van der Waals surface area contributed by atoms with Crippen molar-refractivity contribution in [2.24, 2.45) is 0 Å². The second-order valence-electron chi connectivity index (χ2n) is 7.76. The Morgan fingerprint density at radius 3 is 2.68 bits per heavy atom. The Bertz CT molecular complexity index is 1220. The van der Waals surface area contributed by atoms with E-state index >= 15 is 0 Å². The number of hydrogen-bond donors (Lipinski definition) is 1. The quantitative estimate of drug-likeness (QED) is 0.639. The fourth-order valence-corrected chi connectivity index (χ4v) is 6.25. The van der Waals surface area contributed by atoms with Gasteiger partial charge < -0.3 is 9.80 Å². The van der Waals surface area contributed by atoms with Gasteiger partial charge in [-0.15, -0.1) is 11.3 Å². The lowest BCUT2D eigenvalue weighted by molar-refractivity contribution is -0.118. The third-order valence-electron chi connectivity index (χ3n) is 5.90. The largest absolute Gasteiger partial charge is 0.359 e. The van der Waals surface area contributed by atoms with Crippen molar-refractivity contribution in [3.05, 3.63) is 65.2 Å². The molecule has 9 heteroatoms. The summed E-state index contributed by atoms with van der Waals surface area (Å²) in [6.45, 7) is 3.56. The zero-order valence-corrected chi connectivity index (χ0v) is 18.6. The molecule has 5 rings (SSSR count). The van der Waals surface area contributed by atoms with Gasteiger partial charge in [-0.1, -0.05) is 18.2 Å². The molecule has 3 heterocycles. The van der Waals surface area contributed by atoms with Crippen LogP contribution in [0, 0.1) is 6.92 Å². The molecule has 1 saturated heterocycles.